The number of aromatic nitrogens is 2. The van der Waals surface area contributed by atoms with Gasteiger partial charge in [0.1, 0.15) is 10.6 Å². The minimum Gasteiger partial charge on any atom is -0.358 e. The summed E-state index contributed by atoms with van der Waals surface area (Å²) in [6.45, 7) is 5.52. The maximum atomic E-state index is 13.2. The molecule has 0 saturated heterocycles. The van der Waals surface area contributed by atoms with Crippen LogP contribution in [0.15, 0.2) is 41.4 Å². The lowest BCUT2D eigenvalue weighted by molar-refractivity contribution is 0.0725. The molecule has 1 N–H and O–H groups in total. The number of aromatic amines is 1. The molecule has 29 heavy (non-hydrogen) atoms. The number of hydrogen-bond donors (Lipinski definition) is 1. The zero-order valence-electron chi connectivity index (χ0n) is 17.0. The van der Waals surface area contributed by atoms with Crippen LogP contribution < -0.4 is 0 Å². The second-order valence-corrected chi connectivity index (χ2v) is 9.30. The molecule has 2 aromatic heterocycles. The molecule has 8 heteroatoms. The van der Waals surface area contributed by atoms with Gasteiger partial charge < -0.3 is 14.5 Å². The maximum Gasteiger partial charge on any atom is 0.270 e. The second kappa shape index (κ2) is 7.35. The summed E-state index contributed by atoms with van der Waals surface area (Å²) in [5.74, 6) is -0.149. The van der Waals surface area contributed by atoms with E-state index < -0.39 is 10.0 Å². The fourth-order valence-corrected chi connectivity index (χ4v) is 5.63. The van der Waals surface area contributed by atoms with Crippen LogP contribution in [0, 0.1) is 0 Å². The van der Waals surface area contributed by atoms with Crippen molar-refractivity contribution in [3.8, 4) is 0 Å². The predicted octanol–water partition coefficient (Wildman–Crippen LogP) is 2.74. The normalized spacial score (nSPS) is 14.6. The highest BCUT2D eigenvalue weighted by molar-refractivity contribution is 7.89. The lowest BCUT2D eigenvalue weighted by Crippen LogP contribution is -2.36. The average molecular weight is 415 g/mol. The lowest BCUT2D eigenvalue weighted by Gasteiger charge is -2.27. The van der Waals surface area contributed by atoms with Gasteiger partial charge in [0.2, 0.25) is 10.0 Å². The van der Waals surface area contributed by atoms with Crippen LogP contribution in [0.1, 0.15) is 35.6 Å². The number of para-hydroxylation sites is 1. The number of fused-ring (bicyclic) bond motifs is 3. The first-order valence-corrected chi connectivity index (χ1v) is 11.3. The first-order chi connectivity index (χ1) is 13.9. The van der Waals surface area contributed by atoms with Crippen LogP contribution in [0.5, 0.6) is 0 Å². The zero-order valence-corrected chi connectivity index (χ0v) is 17.8. The highest BCUT2D eigenvalue weighted by Gasteiger charge is 2.29. The van der Waals surface area contributed by atoms with Crippen LogP contribution in [0.2, 0.25) is 0 Å². The Morgan fingerprint density at radius 1 is 1.21 bits per heavy atom. The van der Waals surface area contributed by atoms with Crippen LogP contribution in [0.25, 0.3) is 10.9 Å². The van der Waals surface area contributed by atoms with E-state index in [2.05, 4.69) is 11.1 Å². The summed E-state index contributed by atoms with van der Waals surface area (Å²) in [6, 6.07) is 9.60. The first-order valence-electron chi connectivity index (χ1n) is 9.91. The number of benzene rings is 1. The van der Waals surface area contributed by atoms with E-state index in [9.17, 15) is 13.2 Å². The topological polar surface area (TPSA) is 78.4 Å². The Bertz CT molecular complexity index is 1170. The summed E-state index contributed by atoms with van der Waals surface area (Å²) >= 11 is 0. The molecule has 0 unspecified atom stereocenters. The van der Waals surface area contributed by atoms with Crippen molar-refractivity contribution >= 4 is 26.8 Å². The van der Waals surface area contributed by atoms with Gasteiger partial charge in [-0.25, -0.2) is 8.42 Å². The molecule has 1 aromatic carbocycles. The molecule has 0 spiro atoms. The van der Waals surface area contributed by atoms with Crippen molar-refractivity contribution in [2.75, 3.05) is 19.6 Å². The van der Waals surface area contributed by atoms with Crippen LogP contribution in [-0.4, -0.2) is 52.7 Å². The zero-order chi connectivity index (χ0) is 20.8. The van der Waals surface area contributed by atoms with E-state index in [0.29, 0.717) is 31.9 Å². The number of carbonyl (C=O) groups excluding carboxylic acids is 1. The van der Waals surface area contributed by atoms with Crippen LogP contribution >= 0.6 is 0 Å². The molecule has 1 aliphatic rings. The van der Waals surface area contributed by atoms with E-state index in [4.69, 9.17) is 0 Å². The van der Waals surface area contributed by atoms with Gasteiger partial charge >= 0.3 is 0 Å². The fraction of sp³-hybridized carbons (Fsp3) is 0.381. The summed E-state index contributed by atoms with van der Waals surface area (Å²) < 4.78 is 28.6. The summed E-state index contributed by atoms with van der Waals surface area (Å²) in [6.07, 6.45) is 2.28. The van der Waals surface area contributed by atoms with Crippen molar-refractivity contribution in [2.45, 2.75) is 31.7 Å². The van der Waals surface area contributed by atoms with E-state index in [0.717, 1.165) is 22.9 Å². The Hall–Kier alpha value is -2.58. The van der Waals surface area contributed by atoms with Gasteiger partial charge in [-0.1, -0.05) is 32.0 Å². The Morgan fingerprint density at radius 2 is 1.93 bits per heavy atom. The van der Waals surface area contributed by atoms with Gasteiger partial charge in [0.05, 0.1) is 0 Å². The molecule has 4 rings (SSSR count). The highest BCUT2D eigenvalue weighted by atomic mass is 32.2. The molecular formula is C21H26N4O3S. The minimum atomic E-state index is -3.60. The maximum absolute atomic E-state index is 13.2. The average Bonchev–Trinajstić information content (AvgIpc) is 3.28. The molecule has 3 aromatic rings. The van der Waals surface area contributed by atoms with Crippen molar-refractivity contribution in [1.29, 1.82) is 0 Å². The monoisotopic (exact) mass is 414 g/mol. The number of carbonyl (C=O) groups is 1. The summed E-state index contributed by atoms with van der Waals surface area (Å²) in [7, 11) is -1.88. The van der Waals surface area contributed by atoms with Gasteiger partial charge in [-0.05, 0) is 12.1 Å². The molecule has 7 nitrogen and oxygen atoms in total. The third kappa shape index (κ3) is 3.26. The van der Waals surface area contributed by atoms with Crippen LogP contribution in [0.3, 0.4) is 0 Å². The fourth-order valence-electron chi connectivity index (χ4n) is 4.10. The number of amides is 1. The number of nitrogens with zero attached hydrogens (tertiary/aromatic N) is 3. The molecular weight excluding hydrogens is 388 g/mol. The second-order valence-electron chi connectivity index (χ2n) is 7.37. The van der Waals surface area contributed by atoms with Crippen molar-refractivity contribution < 1.29 is 13.2 Å². The molecule has 0 atom stereocenters. The van der Waals surface area contributed by atoms with Crippen LogP contribution in [0.4, 0.5) is 0 Å². The van der Waals surface area contributed by atoms with E-state index in [1.165, 1.54) is 22.3 Å². The van der Waals surface area contributed by atoms with E-state index in [1.54, 1.807) is 16.5 Å². The number of sulfonamides is 1. The number of hydrogen-bond acceptors (Lipinski definition) is 3. The molecule has 0 bridgehead atoms. The molecule has 3 heterocycles. The highest BCUT2D eigenvalue weighted by Crippen LogP contribution is 2.29. The van der Waals surface area contributed by atoms with Gasteiger partial charge in [0.15, 0.2) is 0 Å². The summed E-state index contributed by atoms with van der Waals surface area (Å²) in [5.41, 5.74) is 3.79. The van der Waals surface area contributed by atoms with Crippen molar-refractivity contribution in [1.82, 2.24) is 18.8 Å². The minimum absolute atomic E-state index is 0.149. The molecule has 0 radical (unpaired) electrons. The summed E-state index contributed by atoms with van der Waals surface area (Å²) in [4.78, 5) is 18.6. The SMILES string of the molecule is CCN(CC)S(=O)(=O)c1cc(C(=O)N2CCc3[nH]c4ccccc4c3C2)n(C)c1. The molecule has 1 aliphatic heterocycles. The molecule has 0 fully saturated rings. The first kappa shape index (κ1) is 19.7. The Morgan fingerprint density at radius 3 is 2.66 bits per heavy atom. The number of nitrogens with one attached hydrogen (secondary N) is 1. The van der Waals surface area contributed by atoms with E-state index in [1.807, 2.05) is 32.0 Å². The molecule has 0 aliphatic carbocycles. The number of aryl methyl sites for hydroxylation is 1. The molecule has 1 amide bonds. The van der Waals surface area contributed by atoms with Gasteiger partial charge in [-0.2, -0.15) is 4.31 Å². The van der Waals surface area contributed by atoms with Gasteiger partial charge in [-0.3, -0.25) is 4.79 Å². The van der Waals surface area contributed by atoms with Gasteiger partial charge in [0, 0.05) is 68.0 Å². The number of rotatable bonds is 5. The Kier molecular flexibility index (Phi) is 5.00. The standard InChI is InChI=1S/C21H26N4O3S/c1-4-25(5-2)29(27,28)15-12-20(23(3)13-15)21(26)24-11-10-19-17(14-24)16-8-6-7-9-18(16)22-19/h6-9,12-13,22H,4-5,10-11,14H2,1-3H3. The largest absolute Gasteiger partial charge is 0.358 e. The number of H-pyrrole nitrogens is 1. The van der Waals surface area contributed by atoms with E-state index in [-0.39, 0.29) is 10.8 Å². The molecule has 154 valence electrons. The third-order valence-corrected chi connectivity index (χ3v) is 7.73. The predicted molar refractivity (Wildman–Crippen MR) is 112 cm³/mol. The van der Waals surface area contributed by atoms with Crippen molar-refractivity contribution in [3.05, 3.63) is 53.5 Å². The lowest BCUT2D eigenvalue weighted by atomic mass is 10.0. The Balaban J connectivity index is 1.63. The van der Waals surface area contributed by atoms with Gasteiger partial charge in [0.25, 0.3) is 5.91 Å². The summed E-state index contributed by atoms with van der Waals surface area (Å²) in [5, 5.41) is 1.14. The Labute approximate surface area is 171 Å². The quantitative estimate of drug-likeness (QED) is 0.697. The van der Waals surface area contributed by atoms with Gasteiger partial charge in [-0.15, -0.1) is 0 Å². The van der Waals surface area contributed by atoms with Crippen LogP contribution in [-0.2, 0) is 30.0 Å². The van der Waals surface area contributed by atoms with Crippen molar-refractivity contribution in [2.24, 2.45) is 7.05 Å². The third-order valence-electron chi connectivity index (χ3n) is 5.71. The smallest absolute Gasteiger partial charge is 0.270 e. The van der Waals surface area contributed by atoms with Crippen molar-refractivity contribution in [3.63, 3.8) is 0 Å². The molecule has 0 saturated carbocycles. The van der Waals surface area contributed by atoms with E-state index >= 15 is 0 Å².